The molecule has 4 N–H and O–H groups in total. The fourth-order valence-electron chi connectivity index (χ4n) is 5.15. The van der Waals surface area contributed by atoms with Crippen LogP contribution in [0, 0.1) is 19.7 Å². The first-order chi connectivity index (χ1) is 17.1. The van der Waals surface area contributed by atoms with Gasteiger partial charge >= 0.3 is 6.16 Å². The van der Waals surface area contributed by atoms with Crippen LogP contribution in [0.2, 0.25) is 0 Å². The number of rotatable bonds is 6. The van der Waals surface area contributed by atoms with Gasteiger partial charge in [0, 0.05) is 42.7 Å². The highest BCUT2D eigenvalue weighted by Gasteiger charge is 2.33. The third kappa shape index (κ3) is 5.00. The molecule has 12 heteroatoms. The van der Waals surface area contributed by atoms with E-state index in [0.29, 0.717) is 46.8 Å². The van der Waals surface area contributed by atoms with E-state index in [0.717, 1.165) is 38.5 Å². The second-order valence-electron chi connectivity index (χ2n) is 9.55. The molecule has 2 saturated heterocycles. The van der Waals surface area contributed by atoms with Crippen molar-refractivity contribution in [3.63, 3.8) is 0 Å². The van der Waals surface area contributed by atoms with Crippen molar-refractivity contribution in [1.29, 1.82) is 0 Å². The number of piperidine rings is 1. The van der Waals surface area contributed by atoms with E-state index < -0.39 is 12.0 Å². The lowest BCUT2D eigenvalue weighted by atomic mass is 9.95. The third-order valence-corrected chi connectivity index (χ3v) is 6.80. The molecule has 2 aliphatic rings. The van der Waals surface area contributed by atoms with Crippen molar-refractivity contribution in [2.75, 3.05) is 24.7 Å². The Morgan fingerprint density at radius 3 is 2.61 bits per heavy atom. The van der Waals surface area contributed by atoms with Crippen molar-refractivity contribution < 1.29 is 33.7 Å². The van der Waals surface area contributed by atoms with E-state index in [-0.39, 0.29) is 23.2 Å². The summed E-state index contributed by atoms with van der Waals surface area (Å²) >= 11 is 0. The molecule has 2 aromatic heterocycles. The maximum absolute atomic E-state index is 15.2. The predicted octanol–water partition coefficient (Wildman–Crippen LogP) is 1.74. The molecule has 2 fully saturated rings. The summed E-state index contributed by atoms with van der Waals surface area (Å²) < 4.78 is 30.8. The number of hydrogen-bond acceptors (Lipinski definition) is 11. The highest BCUT2D eigenvalue weighted by Crippen LogP contribution is 2.40. The first-order valence-corrected chi connectivity index (χ1v) is 12.0. The highest BCUT2D eigenvalue weighted by molar-refractivity contribution is 5.93. The van der Waals surface area contributed by atoms with Gasteiger partial charge in [-0.1, -0.05) is 5.16 Å². The number of pyridine rings is 1. The van der Waals surface area contributed by atoms with Gasteiger partial charge in [0.1, 0.15) is 17.1 Å². The minimum absolute atomic E-state index is 0.0739. The minimum atomic E-state index is -3.45. The fraction of sp³-hybridized carbons (Fsp3) is 0.542. The predicted molar refractivity (Wildman–Crippen MR) is 127 cm³/mol. The number of nitrogens with one attached hydrogen (secondary N) is 1. The standard InChI is InChI=1S/C24H30FN5O6/c1-12-8-15(27-16-5-7-34-11-16)4-6-30(12)22-20(23-26-14(3)29-36-23)13(2)18-9-17(35-24(31,32)33)10-19(25)21(18)28-22/h9-10,12,15-16,27,31-33H,4-8,11H2,1-3H3/t12?,15?,16-/m0/s1. The zero-order chi connectivity index (χ0) is 25.6. The van der Waals surface area contributed by atoms with Gasteiger partial charge in [-0.2, -0.15) is 4.98 Å². The molecule has 194 valence electrons. The highest BCUT2D eigenvalue weighted by atomic mass is 19.1. The van der Waals surface area contributed by atoms with Crippen LogP contribution in [0.25, 0.3) is 22.4 Å². The molecule has 0 bridgehead atoms. The molecule has 1 aromatic carbocycles. The lowest BCUT2D eigenvalue weighted by Crippen LogP contribution is -2.50. The van der Waals surface area contributed by atoms with Crippen molar-refractivity contribution in [3.05, 3.63) is 29.3 Å². The second-order valence-corrected chi connectivity index (χ2v) is 9.55. The number of aromatic nitrogens is 3. The molecule has 0 spiro atoms. The third-order valence-electron chi connectivity index (χ3n) is 6.80. The SMILES string of the molecule is Cc1noc(-c2c(N3CCC(N[C@H]4CCOC4)CC3C)nc3c(F)cc(OC(O)(O)O)cc3c2C)n1. The van der Waals surface area contributed by atoms with Gasteiger partial charge in [0.2, 0.25) is 0 Å². The Morgan fingerprint density at radius 1 is 1.17 bits per heavy atom. The average molecular weight is 504 g/mol. The summed E-state index contributed by atoms with van der Waals surface area (Å²) in [7, 11) is 0. The van der Waals surface area contributed by atoms with E-state index >= 15 is 4.39 Å². The molecular formula is C24H30FN5O6. The Balaban J connectivity index is 1.56. The number of anilines is 1. The Labute approximate surface area is 206 Å². The smallest absolute Gasteiger partial charge is 0.417 e. The lowest BCUT2D eigenvalue weighted by Gasteiger charge is -2.40. The molecule has 2 aliphatic heterocycles. The summed E-state index contributed by atoms with van der Waals surface area (Å²) in [6, 6.07) is 3.11. The lowest BCUT2D eigenvalue weighted by molar-refractivity contribution is -0.419. The quantitative estimate of drug-likeness (QED) is 0.365. The number of benzene rings is 1. The van der Waals surface area contributed by atoms with E-state index in [2.05, 4.69) is 32.0 Å². The van der Waals surface area contributed by atoms with Gasteiger partial charge in [0.05, 0.1) is 12.2 Å². The zero-order valence-electron chi connectivity index (χ0n) is 20.4. The van der Waals surface area contributed by atoms with Crippen LogP contribution in [0.5, 0.6) is 5.75 Å². The van der Waals surface area contributed by atoms with Gasteiger partial charge in [0.15, 0.2) is 11.6 Å². The number of hydrogen-bond donors (Lipinski definition) is 4. The molecule has 3 atom stereocenters. The van der Waals surface area contributed by atoms with E-state index in [1.807, 2.05) is 0 Å². The molecule has 4 heterocycles. The fourth-order valence-corrected chi connectivity index (χ4v) is 5.15. The molecule has 0 radical (unpaired) electrons. The van der Waals surface area contributed by atoms with Crippen LogP contribution in [0.4, 0.5) is 10.2 Å². The largest absolute Gasteiger partial charge is 0.453 e. The summed E-state index contributed by atoms with van der Waals surface area (Å²) in [4.78, 5) is 11.2. The van der Waals surface area contributed by atoms with Crippen LogP contribution in [0.1, 0.15) is 37.6 Å². The zero-order valence-corrected chi connectivity index (χ0v) is 20.4. The Hall–Kier alpha value is -2.90. The summed E-state index contributed by atoms with van der Waals surface area (Å²) in [5, 5.41) is 35.5. The molecule has 0 aliphatic carbocycles. The Kier molecular flexibility index (Phi) is 6.55. The minimum Gasteiger partial charge on any atom is -0.417 e. The van der Waals surface area contributed by atoms with Crippen LogP contribution in [0.3, 0.4) is 0 Å². The van der Waals surface area contributed by atoms with Crippen LogP contribution in [0.15, 0.2) is 16.7 Å². The monoisotopic (exact) mass is 503 g/mol. The van der Waals surface area contributed by atoms with Gasteiger partial charge in [-0.15, -0.1) is 0 Å². The topological polar surface area (TPSA) is 146 Å². The maximum atomic E-state index is 15.2. The number of ether oxygens (including phenoxy) is 2. The molecule has 0 saturated carbocycles. The van der Waals surface area contributed by atoms with Crippen LogP contribution >= 0.6 is 0 Å². The number of nitrogens with zero attached hydrogens (tertiary/aromatic N) is 4. The normalized spacial score (nSPS) is 23.0. The van der Waals surface area contributed by atoms with Crippen molar-refractivity contribution in [3.8, 4) is 17.2 Å². The van der Waals surface area contributed by atoms with Crippen LogP contribution < -0.4 is 15.0 Å². The number of aliphatic hydroxyl groups is 3. The van der Waals surface area contributed by atoms with E-state index in [1.54, 1.807) is 13.8 Å². The average Bonchev–Trinajstić information content (AvgIpc) is 3.45. The van der Waals surface area contributed by atoms with Crippen molar-refractivity contribution >= 4 is 16.7 Å². The van der Waals surface area contributed by atoms with Gasteiger partial charge in [-0.3, -0.25) is 0 Å². The number of aryl methyl sites for hydroxylation is 2. The number of fused-ring (bicyclic) bond motifs is 1. The first kappa shape index (κ1) is 24.8. The summed E-state index contributed by atoms with van der Waals surface area (Å²) in [5.41, 5.74) is 1.23. The summed E-state index contributed by atoms with van der Waals surface area (Å²) in [6.45, 7) is 7.80. The maximum Gasteiger partial charge on any atom is 0.453 e. The van der Waals surface area contributed by atoms with Crippen molar-refractivity contribution in [2.45, 2.75) is 64.3 Å². The second kappa shape index (κ2) is 9.52. The summed E-state index contributed by atoms with van der Waals surface area (Å²) in [5.74, 6) is 0.201. The Morgan fingerprint density at radius 2 is 1.97 bits per heavy atom. The molecular weight excluding hydrogens is 473 g/mol. The van der Waals surface area contributed by atoms with E-state index in [4.69, 9.17) is 14.2 Å². The summed E-state index contributed by atoms with van der Waals surface area (Å²) in [6.07, 6.45) is -0.691. The Bertz CT molecular complexity index is 1260. The molecule has 36 heavy (non-hydrogen) atoms. The first-order valence-electron chi connectivity index (χ1n) is 12.0. The van der Waals surface area contributed by atoms with Gasteiger partial charge in [-0.25, -0.2) is 9.37 Å². The van der Waals surface area contributed by atoms with Gasteiger partial charge in [0.25, 0.3) is 5.89 Å². The van der Waals surface area contributed by atoms with Crippen molar-refractivity contribution in [2.24, 2.45) is 0 Å². The van der Waals surface area contributed by atoms with E-state index in [1.165, 1.54) is 6.07 Å². The molecule has 2 unspecified atom stereocenters. The van der Waals surface area contributed by atoms with Crippen molar-refractivity contribution in [1.82, 2.24) is 20.4 Å². The van der Waals surface area contributed by atoms with Crippen LogP contribution in [-0.4, -0.2) is 74.5 Å². The molecule has 3 aromatic rings. The van der Waals surface area contributed by atoms with Gasteiger partial charge < -0.3 is 39.5 Å². The number of halogens is 1. The van der Waals surface area contributed by atoms with Crippen LogP contribution in [-0.2, 0) is 4.74 Å². The molecule has 5 rings (SSSR count). The van der Waals surface area contributed by atoms with E-state index in [9.17, 15) is 15.3 Å². The van der Waals surface area contributed by atoms with Gasteiger partial charge in [-0.05, 0) is 51.7 Å². The molecule has 11 nitrogen and oxygen atoms in total. The molecule has 0 amide bonds.